The van der Waals surface area contributed by atoms with Gasteiger partial charge in [0.25, 0.3) is 0 Å². The van der Waals surface area contributed by atoms with Crippen molar-refractivity contribution in [1.82, 2.24) is 0 Å². The molecule has 7 atom stereocenters. The van der Waals surface area contributed by atoms with E-state index in [4.69, 9.17) is 0 Å². The van der Waals surface area contributed by atoms with Gasteiger partial charge in [0.05, 0.1) is 6.10 Å². The summed E-state index contributed by atoms with van der Waals surface area (Å²) in [5, 5.41) is 20.1. The van der Waals surface area contributed by atoms with Crippen molar-refractivity contribution in [2.45, 2.75) is 58.0 Å². The van der Waals surface area contributed by atoms with E-state index in [1.807, 2.05) is 0 Å². The van der Waals surface area contributed by atoms with E-state index in [1.54, 1.807) is 6.08 Å². The average Bonchev–Trinajstić information content (AvgIpc) is 3.02. The Labute approximate surface area is 153 Å². The van der Waals surface area contributed by atoms with Crippen LogP contribution in [0.3, 0.4) is 0 Å². The Balaban J connectivity index is 1.71. The van der Waals surface area contributed by atoms with Gasteiger partial charge in [-0.05, 0) is 62.4 Å². The first kappa shape index (κ1) is 18.1. The van der Waals surface area contributed by atoms with Crippen molar-refractivity contribution in [3.63, 3.8) is 0 Å². The maximum Gasteiger partial charge on any atom is 0.162 e. The molecule has 2 N–H and O–H groups in total. The lowest BCUT2D eigenvalue weighted by Gasteiger charge is -2.58. The van der Waals surface area contributed by atoms with Crippen LogP contribution in [0.4, 0.5) is 0 Å². The van der Waals surface area contributed by atoms with Gasteiger partial charge in [-0.2, -0.15) is 0 Å². The highest BCUT2D eigenvalue weighted by molar-refractivity contribution is 5.92. The van der Waals surface area contributed by atoms with E-state index < -0.39 is 23.5 Å². The highest BCUT2D eigenvalue weighted by atomic mass is 16.3. The van der Waals surface area contributed by atoms with Gasteiger partial charge in [-0.25, -0.2) is 0 Å². The molecule has 0 heterocycles. The third-order valence-corrected chi connectivity index (χ3v) is 8.42. The molecule has 4 rings (SSSR count). The Bertz CT molecular complexity index is 682. The molecule has 5 nitrogen and oxygen atoms in total. The lowest BCUT2D eigenvalue weighted by atomic mass is 9.46. The molecule has 3 fully saturated rings. The van der Waals surface area contributed by atoms with E-state index in [2.05, 4.69) is 6.92 Å². The number of hydrogen-bond donors (Lipinski definition) is 2. The summed E-state index contributed by atoms with van der Waals surface area (Å²) in [6, 6.07) is 0. The summed E-state index contributed by atoms with van der Waals surface area (Å²) < 4.78 is 0. The van der Waals surface area contributed by atoms with Crippen molar-refractivity contribution in [1.29, 1.82) is 0 Å². The predicted molar refractivity (Wildman–Crippen MR) is 94.1 cm³/mol. The summed E-state index contributed by atoms with van der Waals surface area (Å²) in [7, 11) is 0. The third kappa shape index (κ3) is 2.19. The van der Waals surface area contributed by atoms with Crippen molar-refractivity contribution >= 4 is 17.9 Å². The highest BCUT2D eigenvalue weighted by Crippen LogP contribution is 2.66. The zero-order valence-corrected chi connectivity index (χ0v) is 15.3. The summed E-state index contributed by atoms with van der Waals surface area (Å²) in [6.07, 6.45) is 6.89. The minimum Gasteiger partial charge on any atom is -0.392 e. The second kappa shape index (κ2) is 6.10. The van der Waals surface area contributed by atoms with Gasteiger partial charge in [0, 0.05) is 23.2 Å². The minimum absolute atomic E-state index is 0.0101. The van der Waals surface area contributed by atoms with Crippen LogP contribution in [-0.2, 0) is 14.4 Å². The number of Topliss-reactive ketones (excluding diaryl/α,β-unsaturated/α-hetero) is 1. The van der Waals surface area contributed by atoms with Gasteiger partial charge >= 0.3 is 0 Å². The molecule has 0 saturated heterocycles. The van der Waals surface area contributed by atoms with Crippen LogP contribution in [-0.4, -0.2) is 40.8 Å². The van der Waals surface area contributed by atoms with E-state index in [0.29, 0.717) is 12.8 Å². The second-order valence-electron chi connectivity index (χ2n) is 9.08. The maximum absolute atomic E-state index is 12.3. The first-order chi connectivity index (χ1) is 12.4. The number of hydrogen-bond acceptors (Lipinski definition) is 5. The predicted octanol–water partition coefficient (Wildman–Crippen LogP) is 1.85. The van der Waals surface area contributed by atoms with Crippen LogP contribution in [0, 0.1) is 34.5 Å². The average molecular weight is 360 g/mol. The number of fused-ring (bicyclic) bond motifs is 5. The van der Waals surface area contributed by atoms with Crippen molar-refractivity contribution in [2.75, 3.05) is 6.61 Å². The standard InChI is InChI=1S/C21H28O5/c1-20-12(8-13(24)9-19(20)26)2-3-14-15(20)6-7-21(11-23)16(14)4-5-17(21)18(25)10-22/h8,11,14-17,19,22,26H,2-7,9-10H2,1H3/t14-,15+,16+,17-,19?,20+,21-/m1/s1. The fourth-order valence-corrected chi connectivity index (χ4v) is 7.13. The molecule has 0 amide bonds. The van der Waals surface area contributed by atoms with Crippen molar-refractivity contribution in [2.24, 2.45) is 34.5 Å². The summed E-state index contributed by atoms with van der Waals surface area (Å²) >= 11 is 0. The van der Waals surface area contributed by atoms with Gasteiger partial charge in [0.1, 0.15) is 12.9 Å². The molecule has 0 aromatic carbocycles. The van der Waals surface area contributed by atoms with Crippen LogP contribution in [0.15, 0.2) is 11.6 Å². The van der Waals surface area contributed by atoms with Gasteiger partial charge < -0.3 is 15.0 Å². The molecule has 4 aliphatic rings. The molecule has 26 heavy (non-hydrogen) atoms. The summed E-state index contributed by atoms with van der Waals surface area (Å²) in [5.41, 5.74) is 0.0287. The normalized spacial score (nSPS) is 47.4. The monoisotopic (exact) mass is 360 g/mol. The molecular weight excluding hydrogens is 332 g/mol. The van der Waals surface area contributed by atoms with E-state index >= 15 is 0 Å². The van der Waals surface area contributed by atoms with Gasteiger partial charge in [0.15, 0.2) is 11.6 Å². The molecule has 1 unspecified atom stereocenters. The topological polar surface area (TPSA) is 91.7 Å². The van der Waals surface area contributed by atoms with Gasteiger partial charge in [0.2, 0.25) is 0 Å². The van der Waals surface area contributed by atoms with Crippen molar-refractivity contribution in [3.8, 4) is 0 Å². The zero-order valence-electron chi connectivity index (χ0n) is 15.3. The first-order valence-corrected chi connectivity index (χ1v) is 9.90. The van der Waals surface area contributed by atoms with Crippen LogP contribution in [0.2, 0.25) is 0 Å². The SMILES string of the molecule is C[C@@]12C(=CC(=O)CC1O)CC[C@H]1[C@@H]3CC[C@H](C(=O)CO)[C@@]3(C=O)CC[C@@H]12. The first-order valence-electron chi connectivity index (χ1n) is 9.90. The van der Waals surface area contributed by atoms with Gasteiger partial charge in [-0.3, -0.25) is 9.59 Å². The maximum atomic E-state index is 12.3. The molecule has 0 aromatic rings. The summed E-state index contributed by atoms with van der Waals surface area (Å²) in [5.74, 6) is 0.114. The number of aldehydes is 1. The van der Waals surface area contributed by atoms with Crippen LogP contribution < -0.4 is 0 Å². The summed E-state index contributed by atoms with van der Waals surface area (Å²) in [6.45, 7) is 1.60. The highest BCUT2D eigenvalue weighted by Gasteiger charge is 2.63. The second-order valence-corrected chi connectivity index (χ2v) is 9.08. The Kier molecular flexibility index (Phi) is 4.23. The molecule has 5 heteroatoms. The van der Waals surface area contributed by atoms with Crippen molar-refractivity contribution < 1.29 is 24.6 Å². The number of carbonyl (C=O) groups excluding carboxylic acids is 3. The number of carbonyl (C=O) groups is 3. The van der Waals surface area contributed by atoms with Crippen LogP contribution in [0.1, 0.15) is 51.9 Å². The number of aliphatic hydroxyl groups excluding tert-OH is 2. The van der Waals surface area contributed by atoms with Gasteiger partial charge in [-0.15, -0.1) is 0 Å². The van der Waals surface area contributed by atoms with Crippen molar-refractivity contribution in [3.05, 3.63) is 11.6 Å². The third-order valence-electron chi connectivity index (χ3n) is 8.42. The Morgan fingerprint density at radius 2 is 2.04 bits per heavy atom. The van der Waals surface area contributed by atoms with Gasteiger partial charge in [-0.1, -0.05) is 12.5 Å². The molecule has 142 valence electrons. The Hall–Kier alpha value is -1.33. The van der Waals surface area contributed by atoms with Crippen LogP contribution >= 0.6 is 0 Å². The molecular formula is C21H28O5. The van der Waals surface area contributed by atoms with E-state index in [-0.39, 0.29) is 41.7 Å². The van der Waals surface area contributed by atoms with E-state index in [9.17, 15) is 24.6 Å². The minimum atomic E-state index is -0.664. The van der Waals surface area contributed by atoms with E-state index in [0.717, 1.165) is 37.5 Å². The van der Waals surface area contributed by atoms with E-state index in [1.165, 1.54) is 0 Å². The largest absolute Gasteiger partial charge is 0.392 e. The number of aliphatic hydroxyl groups is 2. The lowest BCUT2D eigenvalue weighted by Crippen LogP contribution is -2.56. The number of ketones is 2. The van der Waals surface area contributed by atoms with Crippen LogP contribution in [0.5, 0.6) is 0 Å². The quantitative estimate of drug-likeness (QED) is 0.750. The molecule has 4 aliphatic carbocycles. The smallest absolute Gasteiger partial charge is 0.162 e. The lowest BCUT2D eigenvalue weighted by molar-refractivity contribution is -0.146. The molecule has 0 radical (unpaired) electrons. The molecule has 0 aliphatic heterocycles. The molecule has 0 spiro atoms. The fourth-order valence-electron chi connectivity index (χ4n) is 7.13. The molecule has 0 bridgehead atoms. The van der Waals surface area contributed by atoms with Crippen LogP contribution in [0.25, 0.3) is 0 Å². The zero-order chi connectivity index (χ0) is 18.7. The molecule has 0 aromatic heterocycles. The number of rotatable bonds is 3. The Morgan fingerprint density at radius 1 is 1.27 bits per heavy atom. The Morgan fingerprint density at radius 3 is 2.73 bits per heavy atom. The fraction of sp³-hybridized carbons (Fsp3) is 0.762. The molecule has 3 saturated carbocycles. The summed E-state index contributed by atoms with van der Waals surface area (Å²) in [4.78, 5) is 36.4.